The molecule has 1 aromatic heterocycles. The van der Waals surface area contributed by atoms with Crippen LogP contribution in [0.3, 0.4) is 0 Å². The number of nitrogens with two attached hydrogens (primary N) is 2. The zero-order valence-corrected chi connectivity index (χ0v) is 9.93. The van der Waals surface area contributed by atoms with E-state index < -0.39 is 11.8 Å². The van der Waals surface area contributed by atoms with Gasteiger partial charge < -0.3 is 16.4 Å². The van der Waals surface area contributed by atoms with Crippen LogP contribution in [0.2, 0.25) is 0 Å². The van der Waals surface area contributed by atoms with Crippen LogP contribution in [-0.2, 0) is 0 Å². The van der Waals surface area contributed by atoms with Crippen molar-refractivity contribution in [3.05, 3.63) is 17.6 Å². The minimum Gasteiger partial charge on any atom is -0.364 e. The third kappa shape index (κ3) is 2.55. The Balaban J connectivity index is 2.38. The molecule has 0 aromatic carbocycles. The zero-order chi connectivity index (χ0) is 13.1. The molecule has 0 saturated carbocycles. The summed E-state index contributed by atoms with van der Waals surface area (Å²) in [5, 5.41) is 0. The van der Waals surface area contributed by atoms with E-state index in [1.807, 2.05) is 4.90 Å². The molecular formula is C11H15N5O2. The Bertz CT molecular complexity index is 450. The average Bonchev–Trinajstić information content (AvgIpc) is 2.39. The number of primary amides is 2. The lowest BCUT2D eigenvalue weighted by Crippen LogP contribution is -2.32. The fourth-order valence-corrected chi connectivity index (χ4v) is 1.96. The van der Waals surface area contributed by atoms with E-state index >= 15 is 0 Å². The summed E-state index contributed by atoms with van der Waals surface area (Å²) in [5.41, 5.74) is 10.3. The summed E-state index contributed by atoms with van der Waals surface area (Å²) >= 11 is 0. The Morgan fingerprint density at radius 1 is 1.06 bits per heavy atom. The normalized spacial score (nSPS) is 15.4. The number of piperidine rings is 1. The van der Waals surface area contributed by atoms with Crippen LogP contribution in [0.5, 0.6) is 0 Å². The van der Waals surface area contributed by atoms with E-state index in [9.17, 15) is 9.59 Å². The summed E-state index contributed by atoms with van der Waals surface area (Å²) in [7, 11) is 0. The van der Waals surface area contributed by atoms with Crippen LogP contribution in [0, 0.1) is 0 Å². The Labute approximate surface area is 104 Å². The van der Waals surface area contributed by atoms with Gasteiger partial charge in [0.05, 0.1) is 0 Å². The van der Waals surface area contributed by atoms with Crippen molar-refractivity contribution in [1.29, 1.82) is 0 Å². The largest absolute Gasteiger partial charge is 0.364 e. The maximum atomic E-state index is 11.2. The average molecular weight is 249 g/mol. The van der Waals surface area contributed by atoms with Crippen molar-refractivity contribution < 1.29 is 9.59 Å². The van der Waals surface area contributed by atoms with Crippen LogP contribution in [-0.4, -0.2) is 34.9 Å². The van der Waals surface area contributed by atoms with Gasteiger partial charge in [-0.1, -0.05) is 0 Å². The van der Waals surface area contributed by atoms with Gasteiger partial charge in [0.2, 0.25) is 5.82 Å². The van der Waals surface area contributed by atoms with Gasteiger partial charge in [0.1, 0.15) is 11.5 Å². The molecule has 0 spiro atoms. The molecule has 1 aliphatic heterocycles. The van der Waals surface area contributed by atoms with E-state index in [1.54, 1.807) is 0 Å². The molecule has 4 N–H and O–H groups in total. The molecule has 1 aromatic rings. The third-order valence-corrected chi connectivity index (χ3v) is 2.87. The van der Waals surface area contributed by atoms with E-state index in [-0.39, 0.29) is 11.5 Å². The van der Waals surface area contributed by atoms with Gasteiger partial charge in [-0.3, -0.25) is 9.59 Å². The molecule has 1 fully saturated rings. The van der Waals surface area contributed by atoms with Crippen LogP contribution in [0.15, 0.2) is 6.07 Å². The van der Waals surface area contributed by atoms with Gasteiger partial charge in [-0.05, 0) is 19.3 Å². The Morgan fingerprint density at radius 3 is 2.28 bits per heavy atom. The van der Waals surface area contributed by atoms with Crippen LogP contribution in [0.1, 0.15) is 40.4 Å². The highest BCUT2D eigenvalue weighted by atomic mass is 16.2. The maximum Gasteiger partial charge on any atom is 0.286 e. The van der Waals surface area contributed by atoms with E-state index in [0.29, 0.717) is 5.82 Å². The fraction of sp³-hybridized carbons (Fsp3) is 0.455. The molecule has 2 rings (SSSR count). The van der Waals surface area contributed by atoms with Gasteiger partial charge in [0, 0.05) is 19.2 Å². The van der Waals surface area contributed by atoms with Crippen molar-refractivity contribution >= 4 is 17.6 Å². The van der Waals surface area contributed by atoms with Crippen molar-refractivity contribution in [3.63, 3.8) is 0 Å². The Kier molecular flexibility index (Phi) is 3.40. The molecule has 18 heavy (non-hydrogen) atoms. The number of amides is 2. The van der Waals surface area contributed by atoms with Gasteiger partial charge in [-0.2, -0.15) is 0 Å². The lowest BCUT2D eigenvalue weighted by atomic mass is 10.1. The van der Waals surface area contributed by atoms with Crippen LogP contribution < -0.4 is 16.4 Å². The topological polar surface area (TPSA) is 115 Å². The number of nitrogens with zero attached hydrogens (tertiary/aromatic N) is 3. The number of hydrogen-bond donors (Lipinski definition) is 2. The number of hydrogen-bond acceptors (Lipinski definition) is 5. The highest BCUT2D eigenvalue weighted by Gasteiger charge is 2.18. The molecule has 0 bridgehead atoms. The lowest BCUT2D eigenvalue weighted by Gasteiger charge is -2.27. The monoisotopic (exact) mass is 249 g/mol. The predicted molar refractivity (Wildman–Crippen MR) is 65.1 cm³/mol. The van der Waals surface area contributed by atoms with E-state index in [0.717, 1.165) is 25.9 Å². The first kappa shape index (κ1) is 12.3. The number of carbonyl (C=O) groups excluding carboxylic acids is 2. The number of anilines is 1. The highest BCUT2D eigenvalue weighted by molar-refractivity contribution is 5.94. The molecular weight excluding hydrogens is 234 g/mol. The quantitative estimate of drug-likeness (QED) is 0.760. The van der Waals surface area contributed by atoms with Gasteiger partial charge >= 0.3 is 0 Å². The molecule has 1 aliphatic rings. The summed E-state index contributed by atoms with van der Waals surface area (Å²) in [6.45, 7) is 1.68. The first-order chi connectivity index (χ1) is 8.58. The van der Waals surface area contributed by atoms with Gasteiger partial charge in [0.15, 0.2) is 0 Å². The SMILES string of the molecule is NC(=O)c1cc(N2CCCCC2)nc(C(N)=O)n1. The number of carbonyl (C=O) groups is 2. The number of rotatable bonds is 3. The lowest BCUT2D eigenvalue weighted by molar-refractivity contribution is 0.0988. The molecule has 2 heterocycles. The van der Waals surface area contributed by atoms with E-state index in [2.05, 4.69) is 9.97 Å². The molecule has 0 radical (unpaired) electrons. The summed E-state index contributed by atoms with van der Waals surface area (Å²) < 4.78 is 0. The smallest absolute Gasteiger partial charge is 0.286 e. The molecule has 0 aliphatic carbocycles. The highest BCUT2D eigenvalue weighted by Crippen LogP contribution is 2.18. The third-order valence-electron chi connectivity index (χ3n) is 2.87. The molecule has 7 heteroatoms. The minimum absolute atomic E-state index is 0.0133. The minimum atomic E-state index is -0.767. The summed E-state index contributed by atoms with van der Waals surface area (Å²) in [6.07, 6.45) is 3.29. The Hall–Kier alpha value is -2.18. The van der Waals surface area contributed by atoms with Crippen molar-refractivity contribution in [2.24, 2.45) is 11.5 Å². The van der Waals surface area contributed by atoms with Gasteiger partial charge in [0.25, 0.3) is 11.8 Å². The van der Waals surface area contributed by atoms with Crippen LogP contribution in [0.25, 0.3) is 0 Å². The maximum absolute atomic E-state index is 11.2. The molecule has 7 nitrogen and oxygen atoms in total. The van der Waals surface area contributed by atoms with Gasteiger partial charge in [-0.25, -0.2) is 9.97 Å². The zero-order valence-electron chi connectivity index (χ0n) is 9.93. The first-order valence-corrected chi connectivity index (χ1v) is 5.81. The van der Waals surface area contributed by atoms with Crippen molar-refractivity contribution in [3.8, 4) is 0 Å². The van der Waals surface area contributed by atoms with Crippen LogP contribution in [0.4, 0.5) is 5.82 Å². The molecule has 0 unspecified atom stereocenters. The Morgan fingerprint density at radius 2 is 1.72 bits per heavy atom. The second-order valence-corrected chi connectivity index (χ2v) is 4.21. The van der Waals surface area contributed by atoms with E-state index in [1.165, 1.54) is 12.5 Å². The molecule has 1 saturated heterocycles. The predicted octanol–water partition coefficient (Wildman–Crippen LogP) is -0.335. The molecule has 0 atom stereocenters. The summed E-state index contributed by atoms with van der Waals surface area (Å²) in [4.78, 5) is 32.1. The molecule has 96 valence electrons. The first-order valence-electron chi connectivity index (χ1n) is 5.81. The van der Waals surface area contributed by atoms with E-state index in [4.69, 9.17) is 11.5 Å². The van der Waals surface area contributed by atoms with Crippen molar-refractivity contribution in [2.75, 3.05) is 18.0 Å². The second-order valence-electron chi connectivity index (χ2n) is 4.21. The number of aromatic nitrogens is 2. The van der Waals surface area contributed by atoms with Gasteiger partial charge in [-0.15, -0.1) is 0 Å². The van der Waals surface area contributed by atoms with Crippen molar-refractivity contribution in [2.45, 2.75) is 19.3 Å². The standard InChI is InChI=1S/C11H15N5O2/c12-9(17)7-6-8(15-11(14-7)10(13)18)16-4-2-1-3-5-16/h6H,1-5H2,(H2,12,17)(H2,13,18). The summed E-state index contributed by atoms with van der Waals surface area (Å²) in [5.74, 6) is -1.10. The second kappa shape index (κ2) is 4.99. The van der Waals surface area contributed by atoms with Crippen molar-refractivity contribution in [1.82, 2.24) is 9.97 Å². The fourth-order valence-electron chi connectivity index (χ4n) is 1.96. The molecule has 2 amide bonds. The van der Waals surface area contributed by atoms with Crippen LogP contribution >= 0.6 is 0 Å². The summed E-state index contributed by atoms with van der Waals surface area (Å²) in [6, 6.07) is 1.50.